The van der Waals surface area contributed by atoms with Gasteiger partial charge in [0.15, 0.2) is 0 Å². The summed E-state index contributed by atoms with van der Waals surface area (Å²) in [6.07, 6.45) is 0. The Kier molecular flexibility index (Phi) is 5.64. The maximum absolute atomic E-state index is 9.89. The highest BCUT2D eigenvalue weighted by atomic mass is 16.3. The minimum Gasteiger partial charge on any atom is -0.456 e. The molecule has 10 aromatic rings. The van der Waals surface area contributed by atoms with Crippen LogP contribution in [0.25, 0.3) is 88.1 Å². The van der Waals surface area contributed by atoms with Gasteiger partial charge in [-0.15, -0.1) is 0 Å². The molecule has 0 bridgehead atoms. The van der Waals surface area contributed by atoms with E-state index in [1.54, 1.807) is 6.07 Å². The van der Waals surface area contributed by atoms with Gasteiger partial charge in [0.05, 0.1) is 33.2 Å². The normalized spacial score (nSPS) is 11.6. The number of benzene rings is 7. The SMILES string of the molecule is N#Cc1cccc(-c2ccc3oc4ccc(-n5c6ccccc6c6cc(-n7c8ccccc8c8ccccc87)ccc65)cc4c3c2)c1C#N. The van der Waals surface area contributed by atoms with Gasteiger partial charge in [0.1, 0.15) is 23.3 Å². The molecule has 0 spiro atoms. The summed E-state index contributed by atoms with van der Waals surface area (Å²) in [5.74, 6) is 0. The maximum Gasteiger partial charge on any atom is 0.135 e. The van der Waals surface area contributed by atoms with Crippen molar-refractivity contribution in [2.45, 2.75) is 0 Å². The molecule has 10 rings (SSSR count). The molecule has 5 nitrogen and oxygen atoms in total. The van der Waals surface area contributed by atoms with Crippen LogP contribution in [-0.4, -0.2) is 9.13 Å². The van der Waals surface area contributed by atoms with Crippen molar-refractivity contribution in [2.75, 3.05) is 0 Å². The number of para-hydroxylation sites is 3. The molecule has 0 aliphatic rings. The Morgan fingerprint density at radius 3 is 1.59 bits per heavy atom. The van der Waals surface area contributed by atoms with Crippen LogP contribution < -0.4 is 0 Å². The Hall–Kier alpha value is -7.08. The highest BCUT2D eigenvalue weighted by Gasteiger charge is 2.18. The molecule has 0 atom stereocenters. The topological polar surface area (TPSA) is 70.6 Å². The van der Waals surface area contributed by atoms with Gasteiger partial charge in [-0.05, 0) is 78.4 Å². The van der Waals surface area contributed by atoms with E-state index in [9.17, 15) is 10.5 Å². The fraction of sp³-hybridized carbons (Fsp3) is 0. The molecular weight excluding hydrogens is 601 g/mol. The van der Waals surface area contributed by atoms with E-state index in [2.05, 4.69) is 130 Å². The molecule has 226 valence electrons. The molecule has 0 unspecified atom stereocenters. The summed E-state index contributed by atoms with van der Waals surface area (Å²) in [5.41, 5.74) is 10.7. The minimum atomic E-state index is 0.368. The molecule has 49 heavy (non-hydrogen) atoms. The number of aromatic nitrogens is 2. The Bertz CT molecular complexity index is 3030. The quantitative estimate of drug-likeness (QED) is 0.196. The van der Waals surface area contributed by atoms with Gasteiger partial charge in [-0.2, -0.15) is 10.5 Å². The number of furan rings is 1. The van der Waals surface area contributed by atoms with Crippen molar-refractivity contribution < 1.29 is 4.42 Å². The van der Waals surface area contributed by atoms with Crippen molar-refractivity contribution in [3.8, 4) is 34.6 Å². The van der Waals surface area contributed by atoms with Crippen LogP contribution in [0.4, 0.5) is 0 Å². The molecule has 0 N–H and O–H groups in total. The maximum atomic E-state index is 9.89. The number of fused-ring (bicyclic) bond motifs is 9. The molecule has 0 aliphatic heterocycles. The molecule has 0 saturated heterocycles. The van der Waals surface area contributed by atoms with Crippen molar-refractivity contribution in [3.05, 3.63) is 157 Å². The van der Waals surface area contributed by atoms with E-state index in [1.807, 2.05) is 30.3 Å². The van der Waals surface area contributed by atoms with Crippen LogP contribution in [0.2, 0.25) is 0 Å². The zero-order valence-electron chi connectivity index (χ0n) is 26.1. The van der Waals surface area contributed by atoms with Crippen LogP contribution >= 0.6 is 0 Å². The summed E-state index contributed by atoms with van der Waals surface area (Å²) < 4.78 is 11.0. The van der Waals surface area contributed by atoms with E-state index >= 15 is 0 Å². The summed E-state index contributed by atoms with van der Waals surface area (Å²) >= 11 is 0. The Morgan fingerprint density at radius 1 is 0.429 bits per heavy atom. The van der Waals surface area contributed by atoms with E-state index in [1.165, 1.54) is 32.6 Å². The molecule has 0 amide bonds. The first-order chi connectivity index (χ1) is 24.2. The van der Waals surface area contributed by atoms with Gasteiger partial charge in [-0.3, -0.25) is 0 Å². The molecule has 5 heteroatoms. The van der Waals surface area contributed by atoms with Crippen molar-refractivity contribution in [2.24, 2.45) is 0 Å². The Morgan fingerprint density at radius 2 is 0.959 bits per heavy atom. The second-order valence-electron chi connectivity index (χ2n) is 12.4. The molecular formula is C44H24N4O. The first-order valence-electron chi connectivity index (χ1n) is 16.1. The summed E-state index contributed by atoms with van der Waals surface area (Å²) in [5, 5.41) is 26.3. The summed E-state index contributed by atoms with van der Waals surface area (Å²) in [4.78, 5) is 0. The lowest BCUT2D eigenvalue weighted by Gasteiger charge is -2.10. The lowest BCUT2D eigenvalue weighted by Crippen LogP contribution is -1.95. The first-order valence-corrected chi connectivity index (χ1v) is 16.1. The van der Waals surface area contributed by atoms with E-state index in [0.29, 0.717) is 11.1 Å². The second-order valence-corrected chi connectivity index (χ2v) is 12.4. The average molecular weight is 625 g/mol. The molecule has 0 aliphatic carbocycles. The fourth-order valence-electron chi connectivity index (χ4n) is 7.66. The largest absolute Gasteiger partial charge is 0.456 e. The molecule has 3 heterocycles. The number of hydrogen-bond donors (Lipinski definition) is 0. The van der Waals surface area contributed by atoms with Crippen LogP contribution in [0.5, 0.6) is 0 Å². The van der Waals surface area contributed by atoms with Crippen molar-refractivity contribution in [3.63, 3.8) is 0 Å². The fourth-order valence-corrected chi connectivity index (χ4v) is 7.66. The summed E-state index contributed by atoms with van der Waals surface area (Å²) in [7, 11) is 0. The van der Waals surface area contributed by atoms with Crippen LogP contribution in [0.3, 0.4) is 0 Å². The molecule has 0 radical (unpaired) electrons. The minimum absolute atomic E-state index is 0.368. The van der Waals surface area contributed by atoms with Crippen molar-refractivity contribution >= 4 is 65.6 Å². The third-order valence-electron chi connectivity index (χ3n) is 9.81. The number of hydrogen-bond acceptors (Lipinski definition) is 3. The zero-order valence-corrected chi connectivity index (χ0v) is 26.1. The van der Waals surface area contributed by atoms with E-state index in [0.717, 1.165) is 55.5 Å². The van der Waals surface area contributed by atoms with Crippen LogP contribution in [-0.2, 0) is 0 Å². The predicted octanol–water partition coefficient (Wildman–Crippen LogP) is 11.2. The molecule has 0 fully saturated rings. The summed E-state index contributed by atoms with van der Waals surface area (Å²) in [6, 6.07) is 54.6. The van der Waals surface area contributed by atoms with Gasteiger partial charge < -0.3 is 13.6 Å². The Labute approximate surface area is 280 Å². The standard InChI is InChI=1S/C44H24N4O/c45-25-28-8-7-12-31(38(28)26-46)27-16-20-43-36(22-27)37-24-30(18-21-44(37)49-43)48-41-15-6-3-11-34(41)35-23-29(17-19-42(35)48)47-39-13-4-1-9-32(39)33-10-2-5-14-40(33)47/h1-24H. The van der Waals surface area contributed by atoms with Crippen LogP contribution in [0.1, 0.15) is 11.1 Å². The number of nitriles is 2. The Balaban J connectivity index is 1.19. The zero-order chi connectivity index (χ0) is 32.6. The molecule has 3 aromatic heterocycles. The van der Waals surface area contributed by atoms with E-state index in [4.69, 9.17) is 4.42 Å². The highest BCUT2D eigenvalue weighted by Crippen LogP contribution is 2.39. The number of rotatable bonds is 3. The van der Waals surface area contributed by atoms with Gasteiger partial charge in [0.2, 0.25) is 0 Å². The third-order valence-corrected chi connectivity index (χ3v) is 9.81. The first kappa shape index (κ1) is 27.1. The van der Waals surface area contributed by atoms with Crippen LogP contribution in [0.15, 0.2) is 150 Å². The average Bonchev–Trinajstić information content (AvgIpc) is 3.81. The van der Waals surface area contributed by atoms with Gasteiger partial charge in [-0.1, -0.05) is 72.8 Å². The van der Waals surface area contributed by atoms with Gasteiger partial charge in [0, 0.05) is 49.3 Å². The number of nitrogens with zero attached hydrogens (tertiary/aromatic N) is 4. The monoisotopic (exact) mass is 624 g/mol. The third kappa shape index (κ3) is 3.85. The van der Waals surface area contributed by atoms with Gasteiger partial charge in [0.25, 0.3) is 0 Å². The lowest BCUT2D eigenvalue weighted by atomic mass is 9.95. The predicted molar refractivity (Wildman–Crippen MR) is 197 cm³/mol. The lowest BCUT2D eigenvalue weighted by molar-refractivity contribution is 0.669. The smallest absolute Gasteiger partial charge is 0.135 e. The van der Waals surface area contributed by atoms with Crippen molar-refractivity contribution in [1.82, 2.24) is 9.13 Å². The van der Waals surface area contributed by atoms with Crippen LogP contribution in [0, 0.1) is 22.7 Å². The van der Waals surface area contributed by atoms with Crippen molar-refractivity contribution in [1.29, 1.82) is 10.5 Å². The summed E-state index contributed by atoms with van der Waals surface area (Å²) in [6.45, 7) is 0. The van der Waals surface area contributed by atoms with E-state index in [-0.39, 0.29) is 0 Å². The molecule has 7 aromatic carbocycles. The van der Waals surface area contributed by atoms with Gasteiger partial charge in [-0.25, -0.2) is 0 Å². The van der Waals surface area contributed by atoms with E-state index < -0.39 is 0 Å². The molecule has 0 saturated carbocycles. The van der Waals surface area contributed by atoms with Gasteiger partial charge >= 0.3 is 0 Å². The second kappa shape index (κ2) is 10.2. The highest BCUT2D eigenvalue weighted by molar-refractivity contribution is 6.13.